The Kier molecular flexibility index (Phi) is 3.44. The molecule has 0 saturated heterocycles. The van der Waals surface area contributed by atoms with E-state index < -0.39 is 16.0 Å². The van der Waals surface area contributed by atoms with Crippen LogP contribution in [0.2, 0.25) is 0 Å². The second kappa shape index (κ2) is 5.17. The second-order valence-electron chi connectivity index (χ2n) is 5.37. The van der Waals surface area contributed by atoms with Gasteiger partial charge in [0.05, 0.1) is 5.69 Å². The van der Waals surface area contributed by atoms with Crippen LogP contribution in [0.4, 0.5) is 5.69 Å². The summed E-state index contributed by atoms with van der Waals surface area (Å²) in [7, 11) is -3.77. The molecule has 1 aromatic heterocycles. The number of aromatic amines is 1. The predicted octanol–water partition coefficient (Wildman–Crippen LogP) is 2.16. The molecule has 22 heavy (non-hydrogen) atoms. The first kappa shape index (κ1) is 14.6. The Morgan fingerprint density at radius 1 is 1.32 bits per heavy atom. The van der Waals surface area contributed by atoms with E-state index in [4.69, 9.17) is 5.11 Å². The lowest BCUT2D eigenvalue weighted by Crippen LogP contribution is -2.35. The standard InChI is InChI=1S/C15H16N2O4S/c1-10-4-5-11-3-2-6-17(14(11)7-10)22(20,21)12-8-13(15(18)19)16-9-12/h4-5,7-9,16H,2-3,6H2,1H3,(H,18,19). The van der Waals surface area contributed by atoms with Crippen molar-refractivity contribution in [3.8, 4) is 0 Å². The fourth-order valence-electron chi connectivity index (χ4n) is 2.67. The van der Waals surface area contributed by atoms with Crippen LogP contribution in [0.25, 0.3) is 0 Å². The van der Waals surface area contributed by atoms with E-state index in [1.807, 2.05) is 25.1 Å². The number of rotatable bonds is 3. The summed E-state index contributed by atoms with van der Waals surface area (Å²) in [4.78, 5) is 13.4. The molecule has 0 aliphatic carbocycles. The number of hydrogen-bond donors (Lipinski definition) is 2. The van der Waals surface area contributed by atoms with Crippen molar-refractivity contribution in [2.75, 3.05) is 10.8 Å². The van der Waals surface area contributed by atoms with Crippen LogP contribution in [0.5, 0.6) is 0 Å². The van der Waals surface area contributed by atoms with Crippen LogP contribution in [0.15, 0.2) is 35.4 Å². The van der Waals surface area contributed by atoms with Crippen LogP contribution in [0, 0.1) is 6.92 Å². The maximum Gasteiger partial charge on any atom is 0.352 e. The average molecular weight is 320 g/mol. The monoisotopic (exact) mass is 320 g/mol. The summed E-state index contributed by atoms with van der Waals surface area (Å²) >= 11 is 0. The van der Waals surface area contributed by atoms with Crippen molar-refractivity contribution in [3.63, 3.8) is 0 Å². The second-order valence-corrected chi connectivity index (χ2v) is 7.23. The number of aryl methyl sites for hydroxylation is 2. The number of carboxylic acids is 1. The molecule has 6 nitrogen and oxygen atoms in total. The number of aromatic carboxylic acids is 1. The van der Waals surface area contributed by atoms with Gasteiger partial charge in [0.25, 0.3) is 10.0 Å². The molecule has 1 aromatic carbocycles. The van der Waals surface area contributed by atoms with Gasteiger partial charge in [-0.05, 0) is 43.0 Å². The third kappa shape index (κ3) is 2.37. The number of nitrogens with one attached hydrogen (secondary N) is 1. The molecule has 2 heterocycles. The van der Waals surface area contributed by atoms with Crippen molar-refractivity contribution in [2.45, 2.75) is 24.7 Å². The van der Waals surface area contributed by atoms with Crippen LogP contribution in [-0.4, -0.2) is 31.0 Å². The van der Waals surface area contributed by atoms with Gasteiger partial charge in [0, 0.05) is 12.7 Å². The first-order chi connectivity index (χ1) is 10.4. The van der Waals surface area contributed by atoms with E-state index in [1.54, 1.807) is 0 Å². The van der Waals surface area contributed by atoms with Gasteiger partial charge in [0.1, 0.15) is 10.6 Å². The molecule has 0 saturated carbocycles. The molecule has 0 amide bonds. The lowest BCUT2D eigenvalue weighted by atomic mass is 10.0. The molecule has 0 spiro atoms. The number of aromatic nitrogens is 1. The highest BCUT2D eigenvalue weighted by atomic mass is 32.2. The van der Waals surface area contributed by atoms with Crippen LogP contribution >= 0.6 is 0 Å². The zero-order chi connectivity index (χ0) is 15.9. The van der Waals surface area contributed by atoms with Gasteiger partial charge < -0.3 is 10.1 Å². The molecule has 0 unspecified atom stereocenters. The minimum atomic E-state index is -3.77. The van der Waals surface area contributed by atoms with Crippen LogP contribution in [0.1, 0.15) is 28.0 Å². The van der Waals surface area contributed by atoms with Crippen molar-refractivity contribution in [3.05, 3.63) is 47.3 Å². The normalized spacial score (nSPS) is 14.7. The molecule has 0 bridgehead atoms. The largest absolute Gasteiger partial charge is 0.477 e. The molecule has 1 aliphatic heterocycles. The molecule has 2 aromatic rings. The molecule has 0 fully saturated rings. The number of sulfonamides is 1. The molecular weight excluding hydrogens is 304 g/mol. The highest BCUT2D eigenvalue weighted by Gasteiger charge is 2.30. The van der Waals surface area contributed by atoms with Crippen LogP contribution in [-0.2, 0) is 16.4 Å². The van der Waals surface area contributed by atoms with E-state index in [0.717, 1.165) is 30.0 Å². The Morgan fingerprint density at radius 2 is 2.09 bits per heavy atom. The first-order valence-electron chi connectivity index (χ1n) is 6.93. The highest BCUT2D eigenvalue weighted by molar-refractivity contribution is 7.92. The number of nitrogens with zero attached hydrogens (tertiary/aromatic N) is 1. The minimum absolute atomic E-state index is 0.0285. The van der Waals surface area contributed by atoms with E-state index in [0.29, 0.717) is 12.2 Å². The number of benzene rings is 1. The van der Waals surface area contributed by atoms with Gasteiger partial charge in [-0.25, -0.2) is 13.2 Å². The molecule has 0 atom stereocenters. The minimum Gasteiger partial charge on any atom is -0.477 e. The quantitative estimate of drug-likeness (QED) is 0.907. The topological polar surface area (TPSA) is 90.5 Å². The Hall–Kier alpha value is -2.28. The first-order valence-corrected chi connectivity index (χ1v) is 8.37. The van der Waals surface area contributed by atoms with E-state index in [1.165, 1.54) is 10.5 Å². The SMILES string of the molecule is Cc1ccc2c(c1)N(S(=O)(=O)c1c[nH]c(C(=O)O)c1)CCC2. The summed E-state index contributed by atoms with van der Waals surface area (Å²) in [6, 6.07) is 6.93. The third-order valence-corrected chi connectivity index (χ3v) is 5.58. The van der Waals surface area contributed by atoms with E-state index in [2.05, 4.69) is 4.98 Å². The van der Waals surface area contributed by atoms with Gasteiger partial charge in [0.15, 0.2) is 0 Å². The van der Waals surface area contributed by atoms with Gasteiger partial charge in [0.2, 0.25) is 0 Å². The van der Waals surface area contributed by atoms with Gasteiger partial charge >= 0.3 is 5.97 Å². The molecule has 7 heteroatoms. The Morgan fingerprint density at radius 3 is 2.77 bits per heavy atom. The number of carbonyl (C=O) groups is 1. The van der Waals surface area contributed by atoms with Gasteiger partial charge in [-0.1, -0.05) is 12.1 Å². The molecule has 0 radical (unpaired) electrons. The molecule has 1 aliphatic rings. The Bertz CT molecular complexity index is 839. The van der Waals surface area contributed by atoms with Crippen molar-refractivity contribution in [1.82, 2.24) is 4.98 Å². The van der Waals surface area contributed by atoms with E-state index >= 15 is 0 Å². The summed E-state index contributed by atoms with van der Waals surface area (Å²) in [6.45, 7) is 2.31. The zero-order valence-electron chi connectivity index (χ0n) is 12.0. The zero-order valence-corrected chi connectivity index (χ0v) is 12.9. The summed E-state index contributed by atoms with van der Waals surface area (Å²) in [5.74, 6) is -1.18. The summed E-state index contributed by atoms with van der Waals surface area (Å²) in [6.07, 6.45) is 2.81. The van der Waals surface area contributed by atoms with Crippen molar-refractivity contribution in [1.29, 1.82) is 0 Å². The molecule has 2 N–H and O–H groups in total. The number of fused-ring (bicyclic) bond motifs is 1. The predicted molar refractivity (Wildman–Crippen MR) is 81.8 cm³/mol. The molecular formula is C15H16N2O4S. The molecule has 116 valence electrons. The summed E-state index contributed by atoms with van der Waals surface area (Å²) in [5.41, 5.74) is 2.53. The van der Waals surface area contributed by atoms with Gasteiger partial charge in [-0.3, -0.25) is 4.31 Å². The maximum atomic E-state index is 12.8. The van der Waals surface area contributed by atoms with E-state index in [-0.39, 0.29) is 10.6 Å². The average Bonchev–Trinajstić information content (AvgIpc) is 2.97. The van der Waals surface area contributed by atoms with Gasteiger partial charge in [-0.15, -0.1) is 0 Å². The van der Waals surface area contributed by atoms with Gasteiger partial charge in [-0.2, -0.15) is 0 Å². The van der Waals surface area contributed by atoms with Crippen molar-refractivity contribution < 1.29 is 18.3 Å². The van der Waals surface area contributed by atoms with Crippen LogP contribution in [0.3, 0.4) is 0 Å². The lowest BCUT2D eigenvalue weighted by Gasteiger charge is -2.30. The Balaban J connectivity index is 2.07. The number of carboxylic acid groups (broad SMARTS) is 1. The van der Waals surface area contributed by atoms with E-state index in [9.17, 15) is 13.2 Å². The van der Waals surface area contributed by atoms with Crippen molar-refractivity contribution >= 4 is 21.7 Å². The number of H-pyrrole nitrogens is 1. The summed E-state index contributed by atoms with van der Waals surface area (Å²) in [5, 5.41) is 8.93. The lowest BCUT2D eigenvalue weighted by molar-refractivity contribution is 0.0691. The van der Waals surface area contributed by atoms with Crippen molar-refractivity contribution in [2.24, 2.45) is 0 Å². The fraction of sp³-hybridized carbons (Fsp3) is 0.267. The summed E-state index contributed by atoms with van der Waals surface area (Å²) < 4.78 is 27.0. The molecule has 3 rings (SSSR count). The fourth-order valence-corrected chi connectivity index (χ4v) is 4.20. The number of anilines is 1. The Labute approximate surface area is 128 Å². The maximum absolute atomic E-state index is 12.8. The van der Waals surface area contributed by atoms with Crippen LogP contribution < -0.4 is 4.31 Å². The third-order valence-electron chi connectivity index (χ3n) is 3.79. The highest BCUT2D eigenvalue weighted by Crippen LogP contribution is 2.32. The number of hydrogen-bond acceptors (Lipinski definition) is 3. The smallest absolute Gasteiger partial charge is 0.352 e.